The molecule has 0 aliphatic heterocycles. The number of rotatable bonds is 11. The second-order valence-corrected chi connectivity index (χ2v) is 14.6. The van der Waals surface area contributed by atoms with Crippen molar-refractivity contribution >= 4 is 41.0 Å². The normalized spacial score (nSPS) is 13.6. The maximum absolute atomic E-state index is 12.6. The largest absolute Gasteiger partial charge is 0.410 e. The molecule has 0 radical (unpaired) electrons. The van der Waals surface area contributed by atoms with Gasteiger partial charge in [0.1, 0.15) is 0 Å². The van der Waals surface area contributed by atoms with Crippen LogP contribution in [0, 0.1) is 10.5 Å². The van der Waals surface area contributed by atoms with Gasteiger partial charge in [0.15, 0.2) is 8.32 Å². The Labute approximate surface area is 183 Å². The number of aryl methyl sites for hydroxylation is 1. The maximum atomic E-state index is 12.6. The van der Waals surface area contributed by atoms with Crippen LogP contribution < -0.4 is 0 Å². The average molecular weight is 536 g/mol. The van der Waals surface area contributed by atoms with E-state index in [4.69, 9.17) is 8.61 Å². The van der Waals surface area contributed by atoms with Crippen molar-refractivity contribution in [2.75, 3.05) is 6.61 Å². The molecule has 1 aromatic heterocycles. The van der Waals surface area contributed by atoms with E-state index in [2.05, 4.69) is 43.4 Å². The molecule has 2 aromatic rings. The fourth-order valence-electron chi connectivity index (χ4n) is 3.18. The minimum absolute atomic E-state index is 0.0136. The molecular formula is C20H30INO4SSi. The topological polar surface area (TPSA) is 57.5 Å². The minimum atomic E-state index is -3.81. The van der Waals surface area contributed by atoms with Crippen LogP contribution in [0.2, 0.25) is 18.1 Å². The van der Waals surface area contributed by atoms with Gasteiger partial charge in [-0.3, -0.25) is 4.18 Å². The number of halogens is 1. The van der Waals surface area contributed by atoms with Crippen molar-refractivity contribution in [3.05, 3.63) is 51.9 Å². The first-order valence-electron chi connectivity index (χ1n) is 9.68. The van der Waals surface area contributed by atoms with Gasteiger partial charge in [0.2, 0.25) is 0 Å². The molecule has 0 saturated carbocycles. The Hall–Kier alpha value is -0.683. The standard InChI is InChI=1S/C20H30INO4SSi/c1-5-28(6-2,7-3)26-19(15-22-13-12-18(21)14-22)16-25-27(23,24)20-10-8-17(4)9-11-20/h8-14,19H,5-7,15-16H2,1-4H3. The van der Waals surface area contributed by atoms with E-state index in [1.807, 2.05) is 30.0 Å². The van der Waals surface area contributed by atoms with Gasteiger partial charge in [-0.2, -0.15) is 8.42 Å². The van der Waals surface area contributed by atoms with Crippen LogP contribution in [0.5, 0.6) is 0 Å². The summed E-state index contributed by atoms with van der Waals surface area (Å²) in [6, 6.07) is 11.7. The molecule has 28 heavy (non-hydrogen) atoms. The van der Waals surface area contributed by atoms with Crippen molar-refractivity contribution in [3.63, 3.8) is 0 Å². The number of hydrogen-bond donors (Lipinski definition) is 0. The molecule has 0 bridgehead atoms. The summed E-state index contributed by atoms with van der Waals surface area (Å²) in [5, 5.41) is 0. The molecule has 2 rings (SSSR count). The van der Waals surface area contributed by atoms with Gasteiger partial charge in [-0.15, -0.1) is 0 Å². The van der Waals surface area contributed by atoms with E-state index >= 15 is 0 Å². The highest BCUT2D eigenvalue weighted by Crippen LogP contribution is 2.25. The highest BCUT2D eigenvalue weighted by atomic mass is 127. The maximum Gasteiger partial charge on any atom is 0.297 e. The zero-order chi connectivity index (χ0) is 20.8. The molecule has 0 spiro atoms. The summed E-state index contributed by atoms with van der Waals surface area (Å²) >= 11 is 2.26. The first-order chi connectivity index (χ1) is 13.2. The Balaban J connectivity index is 2.17. The summed E-state index contributed by atoms with van der Waals surface area (Å²) in [6.45, 7) is 9.00. The lowest BCUT2D eigenvalue weighted by Gasteiger charge is -2.33. The van der Waals surface area contributed by atoms with Gasteiger partial charge < -0.3 is 8.99 Å². The smallest absolute Gasteiger partial charge is 0.297 e. The van der Waals surface area contributed by atoms with Gasteiger partial charge in [-0.05, 0) is 65.8 Å². The zero-order valence-corrected chi connectivity index (χ0v) is 21.0. The first kappa shape index (κ1) is 23.6. The molecule has 0 N–H and O–H groups in total. The number of aromatic nitrogens is 1. The van der Waals surface area contributed by atoms with E-state index < -0.39 is 18.4 Å². The van der Waals surface area contributed by atoms with Crippen molar-refractivity contribution < 1.29 is 17.0 Å². The Morgan fingerprint density at radius 3 is 2.18 bits per heavy atom. The zero-order valence-electron chi connectivity index (χ0n) is 17.0. The summed E-state index contributed by atoms with van der Waals surface area (Å²) in [5.41, 5.74) is 1.01. The molecule has 0 fully saturated rings. The van der Waals surface area contributed by atoms with Crippen molar-refractivity contribution in [1.29, 1.82) is 0 Å². The lowest BCUT2D eigenvalue weighted by atomic mass is 10.2. The van der Waals surface area contributed by atoms with Gasteiger partial charge in [0.05, 0.1) is 17.6 Å². The second kappa shape index (κ2) is 10.4. The minimum Gasteiger partial charge on any atom is -0.410 e. The summed E-state index contributed by atoms with van der Waals surface area (Å²) in [4.78, 5) is 0.178. The van der Waals surface area contributed by atoms with E-state index in [0.717, 1.165) is 27.3 Å². The summed E-state index contributed by atoms with van der Waals surface area (Å²) < 4.78 is 40.4. The SMILES string of the molecule is CC[Si](CC)(CC)OC(COS(=O)(=O)c1ccc(C)cc1)Cn1ccc(I)c1. The van der Waals surface area contributed by atoms with Gasteiger partial charge in [0, 0.05) is 22.5 Å². The van der Waals surface area contributed by atoms with Crippen molar-refractivity contribution in [2.45, 2.75) is 63.4 Å². The van der Waals surface area contributed by atoms with Crippen LogP contribution in [0.1, 0.15) is 26.3 Å². The van der Waals surface area contributed by atoms with Crippen LogP contribution >= 0.6 is 22.6 Å². The van der Waals surface area contributed by atoms with Crippen molar-refractivity contribution in [3.8, 4) is 0 Å². The molecule has 1 unspecified atom stereocenters. The predicted octanol–water partition coefficient (Wildman–Crippen LogP) is 5.20. The van der Waals surface area contributed by atoms with Crippen LogP contribution in [0.3, 0.4) is 0 Å². The average Bonchev–Trinajstić information content (AvgIpc) is 3.09. The molecule has 1 atom stereocenters. The lowest BCUT2D eigenvalue weighted by Crippen LogP contribution is -2.43. The van der Waals surface area contributed by atoms with Gasteiger partial charge in [0.25, 0.3) is 10.1 Å². The Kier molecular flexibility index (Phi) is 8.74. The van der Waals surface area contributed by atoms with E-state index in [0.29, 0.717) is 6.54 Å². The fraction of sp³-hybridized carbons (Fsp3) is 0.500. The molecule has 1 aromatic carbocycles. The quantitative estimate of drug-likeness (QED) is 0.226. The van der Waals surface area contributed by atoms with E-state index in [1.54, 1.807) is 24.3 Å². The van der Waals surface area contributed by atoms with E-state index in [1.165, 1.54) is 0 Å². The lowest BCUT2D eigenvalue weighted by molar-refractivity contribution is 0.106. The second-order valence-electron chi connectivity index (χ2n) is 7.06. The van der Waals surface area contributed by atoms with Gasteiger partial charge in [-0.1, -0.05) is 38.5 Å². The molecule has 0 saturated heterocycles. The Morgan fingerprint density at radius 1 is 1.07 bits per heavy atom. The number of nitrogens with zero attached hydrogens (tertiary/aromatic N) is 1. The highest BCUT2D eigenvalue weighted by molar-refractivity contribution is 14.1. The number of benzene rings is 1. The molecule has 156 valence electrons. The molecule has 0 aliphatic rings. The first-order valence-corrected chi connectivity index (χ1v) is 14.7. The molecule has 1 heterocycles. The monoisotopic (exact) mass is 535 g/mol. The highest BCUT2D eigenvalue weighted by Gasteiger charge is 2.33. The fourth-order valence-corrected chi connectivity index (χ4v) is 7.48. The van der Waals surface area contributed by atoms with Crippen LogP contribution in [0.4, 0.5) is 0 Å². The van der Waals surface area contributed by atoms with Crippen LogP contribution in [-0.4, -0.2) is 34.0 Å². The third-order valence-corrected chi connectivity index (χ3v) is 11.8. The Bertz CT molecular complexity index is 839. The third-order valence-electron chi connectivity index (χ3n) is 5.20. The van der Waals surface area contributed by atoms with Gasteiger partial charge in [-0.25, -0.2) is 0 Å². The predicted molar refractivity (Wildman–Crippen MR) is 124 cm³/mol. The van der Waals surface area contributed by atoms with E-state index in [9.17, 15) is 8.42 Å². The van der Waals surface area contributed by atoms with Crippen LogP contribution in [0.15, 0.2) is 47.6 Å². The van der Waals surface area contributed by atoms with Crippen LogP contribution in [-0.2, 0) is 25.3 Å². The molecule has 0 amide bonds. The summed E-state index contributed by atoms with van der Waals surface area (Å²) in [5.74, 6) is 0. The molecule has 0 aliphatic carbocycles. The summed E-state index contributed by atoms with van der Waals surface area (Å²) in [7, 11) is -5.71. The van der Waals surface area contributed by atoms with Crippen molar-refractivity contribution in [1.82, 2.24) is 4.57 Å². The van der Waals surface area contributed by atoms with Crippen molar-refractivity contribution in [2.24, 2.45) is 0 Å². The molecular weight excluding hydrogens is 505 g/mol. The van der Waals surface area contributed by atoms with Gasteiger partial charge >= 0.3 is 0 Å². The number of hydrogen-bond acceptors (Lipinski definition) is 4. The molecule has 5 nitrogen and oxygen atoms in total. The van der Waals surface area contributed by atoms with Crippen LogP contribution in [0.25, 0.3) is 0 Å². The van der Waals surface area contributed by atoms with E-state index in [-0.39, 0.29) is 17.6 Å². The summed E-state index contributed by atoms with van der Waals surface area (Å²) in [6.07, 6.45) is 3.70. The third kappa shape index (κ3) is 6.41. The Morgan fingerprint density at radius 2 is 1.68 bits per heavy atom. The molecule has 8 heteroatoms.